The fourth-order valence-electron chi connectivity index (χ4n) is 1.54. The van der Waals surface area contributed by atoms with Crippen LogP contribution in [0.1, 0.15) is 25.3 Å². The van der Waals surface area contributed by atoms with Crippen molar-refractivity contribution in [1.82, 2.24) is 0 Å². The highest BCUT2D eigenvalue weighted by Gasteiger charge is 2.32. The molecule has 0 aliphatic rings. The van der Waals surface area contributed by atoms with E-state index in [2.05, 4.69) is 0 Å². The second-order valence-electron chi connectivity index (χ2n) is 4.00. The van der Waals surface area contributed by atoms with Crippen molar-refractivity contribution in [3.05, 3.63) is 35.9 Å². The quantitative estimate of drug-likeness (QED) is 0.766. The molecule has 0 fully saturated rings. The summed E-state index contributed by atoms with van der Waals surface area (Å²) in [4.78, 5) is 11.1. The lowest BCUT2D eigenvalue weighted by molar-refractivity contribution is -0.140. The van der Waals surface area contributed by atoms with Crippen molar-refractivity contribution in [3.63, 3.8) is 0 Å². The van der Waals surface area contributed by atoms with Gasteiger partial charge in [-0.3, -0.25) is 4.79 Å². The number of aliphatic carboxylic acids is 1. The molecule has 0 bridgehead atoms. The second kappa shape index (κ2) is 3.80. The molecule has 0 aliphatic carbocycles. The summed E-state index contributed by atoms with van der Waals surface area (Å²) in [5.74, 6) is -1.55. The molecule has 1 unspecified atom stereocenters. The largest absolute Gasteiger partial charge is 0.481 e. The van der Waals surface area contributed by atoms with E-state index in [4.69, 9.17) is 10.8 Å². The van der Waals surface area contributed by atoms with Crippen LogP contribution in [0.25, 0.3) is 0 Å². The Kier molecular flexibility index (Phi) is 2.91. The molecule has 1 rings (SSSR count). The van der Waals surface area contributed by atoms with Crippen LogP contribution in [0.15, 0.2) is 30.3 Å². The topological polar surface area (TPSA) is 63.3 Å². The maximum Gasteiger partial charge on any atom is 0.312 e. The van der Waals surface area contributed by atoms with Crippen LogP contribution in [0.3, 0.4) is 0 Å². The van der Waals surface area contributed by atoms with Crippen LogP contribution < -0.4 is 5.73 Å². The van der Waals surface area contributed by atoms with Gasteiger partial charge >= 0.3 is 5.97 Å². The van der Waals surface area contributed by atoms with Crippen molar-refractivity contribution in [2.24, 2.45) is 5.73 Å². The lowest BCUT2D eigenvalue weighted by Crippen LogP contribution is -2.43. The van der Waals surface area contributed by atoms with E-state index in [0.29, 0.717) is 0 Å². The number of carboxylic acids is 1. The van der Waals surface area contributed by atoms with Crippen LogP contribution in [0.4, 0.5) is 0 Å². The molecule has 0 aliphatic heterocycles. The van der Waals surface area contributed by atoms with Gasteiger partial charge in [0.1, 0.15) is 0 Å². The van der Waals surface area contributed by atoms with Crippen molar-refractivity contribution in [2.75, 3.05) is 0 Å². The van der Waals surface area contributed by atoms with Crippen molar-refractivity contribution in [3.8, 4) is 0 Å². The lowest BCUT2D eigenvalue weighted by atomic mass is 9.83. The summed E-state index contributed by atoms with van der Waals surface area (Å²) in [5, 5.41) is 9.08. The van der Waals surface area contributed by atoms with Gasteiger partial charge in [-0.05, 0) is 19.4 Å². The van der Waals surface area contributed by atoms with Gasteiger partial charge < -0.3 is 10.8 Å². The summed E-state index contributed by atoms with van der Waals surface area (Å²) in [6.07, 6.45) is 0. The number of benzene rings is 1. The lowest BCUT2D eigenvalue weighted by Gasteiger charge is -2.27. The first-order chi connectivity index (χ1) is 6.43. The van der Waals surface area contributed by atoms with Crippen molar-refractivity contribution in [2.45, 2.75) is 25.3 Å². The van der Waals surface area contributed by atoms with Gasteiger partial charge in [-0.15, -0.1) is 0 Å². The molecular formula is C11H15NO2. The van der Waals surface area contributed by atoms with Crippen LogP contribution in [0.2, 0.25) is 0 Å². The van der Waals surface area contributed by atoms with Gasteiger partial charge in [0, 0.05) is 5.54 Å². The second-order valence-corrected chi connectivity index (χ2v) is 4.00. The first-order valence-electron chi connectivity index (χ1n) is 4.49. The predicted molar refractivity (Wildman–Crippen MR) is 55.1 cm³/mol. The Balaban J connectivity index is 3.08. The molecule has 0 amide bonds. The van der Waals surface area contributed by atoms with Gasteiger partial charge in [0.05, 0.1) is 5.92 Å². The Hall–Kier alpha value is -1.35. The van der Waals surface area contributed by atoms with Gasteiger partial charge in [0.2, 0.25) is 0 Å². The van der Waals surface area contributed by atoms with Gasteiger partial charge in [0.25, 0.3) is 0 Å². The van der Waals surface area contributed by atoms with Crippen LogP contribution >= 0.6 is 0 Å². The summed E-state index contributed by atoms with van der Waals surface area (Å²) in [5.41, 5.74) is 5.82. The molecule has 14 heavy (non-hydrogen) atoms. The number of nitrogens with two attached hydrogens (primary N) is 1. The van der Waals surface area contributed by atoms with E-state index < -0.39 is 17.4 Å². The molecule has 0 spiro atoms. The highest BCUT2D eigenvalue weighted by Crippen LogP contribution is 2.25. The average molecular weight is 193 g/mol. The third-order valence-corrected chi connectivity index (χ3v) is 2.12. The maximum atomic E-state index is 11.1. The molecule has 0 radical (unpaired) electrons. The standard InChI is InChI=1S/C11H15NO2/c1-11(2,12)9(10(13)14)8-6-4-3-5-7-8/h3-7,9H,12H2,1-2H3,(H,13,14). The molecule has 76 valence electrons. The molecule has 1 aromatic rings. The fraction of sp³-hybridized carbons (Fsp3) is 0.364. The monoisotopic (exact) mass is 193 g/mol. The molecule has 0 aromatic heterocycles. The minimum atomic E-state index is -0.885. The Morgan fingerprint density at radius 3 is 2.21 bits per heavy atom. The summed E-state index contributed by atoms with van der Waals surface area (Å²) in [7, 11) is 0. The first-order valence-corrected chi connectivity index (χ1v) is 4.49. The smallest absolute Gasteiger partial charge is 0.312 e. The Morgan fingerprint density at radius 1 is 1.36 bits per heavy atom. The van der Waals surface area contributed by atoms with E-state index in [9.17, 15) is 4.79 Å². The number of hydrogen-bond acceptors (Lipinski definition) is 2. The third-order valence-electron chi connectivity index (χ3n) is 2.12. The fourth-order valence-corrected chi connectivity index (χ4v) is 1.54. The van der Waals surface area contributed by atoms with E-state index in [1.54, 1.807) is 26.0 Å². The molecule has 3 nitrogen and oxygen atoms in total. The molecule has 0 saturated carbocycles. The third kappa shape index (κ3) is 2.33. The number of hydrogen-bond donors (Lipinski definition) is 2. The summed E-state index contributed by atoms with van der Waals surface area (Å²) in [6.45, 7) is 3.44. The van der Waals surface area contributed by atoms with Gasteiger partial charge in [-0.2, -0.15) is 0 Å². The Morgan fingerprint density at radius 2 is 1.86 bits per heavy atom. The summed E-state index contributed by atoms with van der Waals surface area (Å²) >= 11 is 0. The highest BCUT2D eigenvalue weighted by molar-refractivity contribution is 5.77. The minimum Gasteiger partial charge on any atom is -0.481 e. The van der Waals surface area contributed by atoms with Crippen LogP contribution in [-0.4, -0.2) is 16.6 Å². The van der Waals surface area contributed by atoms with Crippen LogP contribution in [0, 0.1) is 0 Å². The molecule has 1 aromatic carbocycles. The molecule has 1 atom stereocenters. The number of carboxylic acid groups (broad SMARTS) is 1. The zero-order valence-corrected chi connectivity index (χ0v) is 8.40. The van der Waals surface area contributed by atoms with E-state index in [0.717, 1.165) is 5.56 Å². The van der Waals surface area contributed by atoms with Crippen molar-refractivity contribution < 1.29 is 9.90 Å². The van der Waals surface area contributed by atoms with Crippen molar-refractivity contribution in [1.29, 1.82) is 0 Å². The predicted octanol–water partition coefficient (Wildman–Crippen LogP) is 1.59. The van der Waals surface area contributed by atoms with E-state index >= 15 is 0 Å². The van der Waals surface area contributed by atoms with E-state index in [1.165, 1.54) is 0 Å². The van der Waals surface area contributed by atoms with Crippen LogP contribution in [0.5, 0.6) is 0 Å². The van der Waals surface area contributed by atoms with Gasteiger partial charge in [0.15, 0.2) is 0 Å². The summed E-state index contributed by atoms with van der Waals surface area (Å²) in [6, 6.07) is 9.06. The first kappa shape index (κ1) is 10.7. The van der Waals surface area contributed by atoms with Gasteiger partial charge in [-0.1, -0.05) is 30.3 Å². The van der Waals surface area contributed by atoms with E-state index in [1.807, 2.05) is 18.2 Å². The van der Waals surface area contributed by atoms with Crippen LogP contribution in [-0.2, 0) is 4.79 Å². The Bertz CT molecular complexity index is 314. The highest BCUT2D eigenvalue weighted by atomic mass is 16.4. The van der Waals surface area contributed by atoms with E-state index in [-0.39, 0.29) is 0 Å². The molecule has 3 heteroatoms. The minimum absolute atomic E-state index is 0.663. The zero-order chi connectivity index (χ0) is 10.8. The summed E-state index contributed by atoms with van der Waals surface area (Å²) < 4.78 is 0. The molecular weight excluding hydrogens is 178 g/mol. The van der Waals surface area contributed by atoms with Gasteiger partial charge in [-0.25, -0.2) is 0 Å². The molecule has 3 N–H and O–H groups in total. The normalized spacial score (nSPS) is 13.6. The average Bonchev–Trinajstić information content (AvgIpc) is 2.02. The SMILES string of the molecule is CC(C)(N)C(C(=O)O)c1ccccc1. The number of carbonyl (C=O) groups is 1. The molecule has 0 heterocycles. The Labute approximate surface area is 83.6 Å². The number of rotatable bonds is 3. The molecule has 0 saturated heterocycles. The maximum absolute atomic E-state index is 11.1. The van der Waals surface area contributed by atoms with Crippen molar-refractivity contribution >= 4 is 5.97 Å². The zero-order valence-electron chi connectivity index (χ0n) is 8.40.